The molecule has 0 aromatic rings. The molecule has 4 nitrogen and oxygen atoms in total. The fourth-order valence-electron chi connectivity index (χ4n) is 1.48. The van der Waals surface area contributed by atoms with Crippen LogP contribution in [-0.2, 0) is 4.57 Å². The number of hydrogen-bond acceptors (Lipinski definition) is 2. The third-order valence-electron chi connectivity index (χ3n) is 1.85. The van der Waals surface area contributed by atoms with E-state index in [1.807, 2.05) is 14.1 Å². The van der Waals surface area contributed by atoms with Gasteiger partial charge < -0.3 is 18.8 Å². The van der Waals surface area contributed by atoms with E-state index in [1.54, 1.807) is 0 Å². The Morgan fingerprint density at radius 2 is 1.92 bits per heavy atom. The standard InChI is InChI=1S/C8H20NO3P/c1-8(2)7-9(3,4)5-6-13(10,11)12/h8H,5-7H2,1-4H3,(H-,10,11,12). The molecule has 0 saturated carbocycles. The summed E-state index contributed by atoms with van der Waals surface area (Å²) in [5, 5.41) is 0. The Bertz CT molecular complexity index is 198. The summed E-state index contributed by atoms with van der Waals surface area (Å²) in [5.41, 5.74) is 0. The fourth-order valence-corrected chi connectivity index (χ4v) is 2.27. The highest BCUT2D eigenvalue weighted by Crippen LogP contribution is 2.28. The molecule has 0 aliphatic rings. The first kappa shape index (κ1) is 13.1. The zero-order chi connectivity index (χ0) is 10.7. The highest BCUT2D eigenvalue weighted by molar-refractivity contribution is 7.50. The van der Waals surface area contributed by atoms with Gasteiger partial charge in [-0.3, -0.25) is 0 Å². The molecule has 0 amide bonds. The maximum absolute atomic E-state index is 10.5. The topological polar surface area (TPSA) is 60.4 Å². The molecule has 1 N–H and O–H groups in total. The van der Waals surface area contributed by atoms with Crippen molar-refractivity contribution in [2.45, 2.75) is 13.8 Å². The second-order valence-corrected chi connectivity index (χ2v) is 6.32. The third kappa shape index (κ3) is 8.44. The van der Waals surface area contributed by atoms with Crippen molar-refractivity contribution in [1.29, 1.82) is 0 Å². The van der Waals surface area contributed by atoms with E-state index in [9.17, 15) is 9.46 Å². The molecule has 80 valence electrons. The summed E-state index contributed by atoms with van der Waals surface area (Å²) in [4.78, 5) is 19.1. The average molecular weight is 209 g/mol. The van der Waals surface area contributed by atoms with Crippen LogP contribution in [0, 0.1) is 5.92 Å². The van der Waals surface area contributed by atoms with Gasteiger partial charge in [0.2, 0.25) is 0 Å². The third-order valence-corrected chi connectivity index (χ3v) is 2.61. The number of quaternary nitrogens is 1. The molecule has 0 bridgehead atoms. The van der Waals surface area contributed by atoms with Gasteiger partial charge in [-0.2, -0.15) is 0 Å². The maximum Gasteiger partial charge on any atom is 0.138 e. The molecule has 0 rings (SSSR count). The van der Waals surface area contributed by atoms with Crippen molar-refractivity contribution in [1.82, 2.24) is 0 Å². The van der Waals surface area contributed by atoms with Crippen LogP contribution in [0.4, 0.5) is 0 Å². The van der Waals surface area contributed by atoms with E-state index >= 15 is 0 Å². The van der Waals surface area contributed by atoms with Gasteiger partial charge in [-0.15, -0.1) is 0 Å². The van der Waals surface area contributed by atoms with Gasteiger partial charge in [-0.05, 0) is 0 Å². The van der Waals surface area contributed by atoms with Crippen LogP contribution < -0.4 is 4.89 Å². The maximum atomic E-state index is 10.5. The largest absolute Gasteiger partial charge is 0.778 e. The predicted molar refractivity (Wildman–Crippen MR) is 51.4 cm³/mol. The van der Waals surface area contributed by atoms with Crippen molar-refractivity contribution < 1.29 is 18.8 Å². The monoisotopic (exact) mass is 209 g/mol. The van der Waals surface area contributed by atoms with Crippen LogP contribution in [0.2, 0.25) is 0 Å². The van der Waals surface area contributed by atoms with Crippen molar-refractivity contribution in [3.8, 4) is 0 Å². The lowest BCUT2D eigenvalue weighted by Crippen LogP contribution is -2.44. The first-order chi connectivity index (χ1) is 5.62. The number of nitrogens with zero attached hydrogens (tertiary/aromatic N) is 1. The van der Waals surface area contributed by atoms with Gasteiger partial charge in [0.25, 0.3) is 0 Å². The van der Waals surface area contributed by atoms with Crippen LogP contribution in [0.1, 0.15) is 13.8 Å². The van der Waals surface area contributed by atoms with Gasteiger partial charge in [0.05, 0.1) is 33.3 Å². The van der Waals surface area contributed by atoms with E-state index in [2.05, 4.69) is 13.8 Å². The lowest BCUT2D eigenvalue weighted by Gasteiger charge is -2.33. The van der Waals surface area contributed by atoms with Gasteiger partial charge in [0.15, 0.2) is 0 Å². The summed E-state index contributed by atoms with van der Waals surface area (Å²) in [6, 6.07) is 0. The van der Waals surface area contributed by atoms with Crippen LogP contribution in [0.25, 0.3) is 0 Å². The molecule has 0 spiro atoms. The highest BCUT2D eigenvalue weighted by atomic mass is 31.2. The summed E-state index contributed by atoms with van der Waals surface area (Å²) in [6.45, 7) is 5.57. The normalized spacial score (nSPS) is 17.5. The molecule has 1 atom stereocenters. The van der Waals surface area contributed by atoms with E-state index < -0.39 is 7.60 Å². The second-order valence-electron chi connectivity index (χ2n) is 4.60. The summed E-state index contributed by atoms with van der Waals surface area (Å²) < 4.78 is 11.2. The zero-order valence-electron chi connectivity index (χ0n) is 8.86. The van der Waals surface area contributed by atoms with E-state index in [1.165, 1.54) is 0 Å². The van der Waals surface area contributed by atoms with Crippen molar-refractivity contribution in [3.63, 3.8) is 0 Å². The highest BCUT2D eigenvalue weighted by Gasteiger charge is 2.18. The summed E-state index contributed by atoms with van der Waals surface area (Å²) in [6.07, 6.45) is -0.132. The second kappa shape index (κ2) is 4.56. The SMILES string of the molecule is CC(C)C[N+](C)(C)CCP(=O)([O-])O. The minimum Gasteiger partial charge on any atom is -0.778 e. The van der Waals surface area contributed by atoms with Gasteiger partial charge in [-0.25, -0.2) is 0 Å². The Kier molecular flexibility index (Phi) is 4.60. The summed E-state index contributed by atoms with van der Waals surface area (Å²) in [5.74, 6) is 0.528. The number of hydrogen-bond donors (Lipinski definition) is 1. The van der Waals surface area contributed by atoms with E-state index in [0.29, 0.717) is 16.9 Å². The van der Waals surface area contributed by atoms with Crippen molar-refractivity contribution in [2.75, 3.05) is 33.3 Å². The van der Waals surface area contributed by atoms with Gasteiger partial charge in [0.1, 0.15) is 7.60 Å². The Balaban J connectivity index is 3.96. The summed E-state index contributed by atoms with van der Waals surface area (Å²) in [7, 11) is -0.135. The molecule has 13 heavy (non-hydrogen) atoms. The molecule has 1 unspecified atom stereocenters. The molecule has 0 aliphatic carbocycles. The zero-order valence-corrected chi connectivity index (χ0v) is 9.75. The smallest absolute Gasteiger partial charge is 0.138 e. The Hall–Kier alpha value is 0.110. The molecule has 0 aliphatic heterocycles. The van der Waals surface area contributed by atoms with Gasteiger partial charge in [-0.1, -0.05) is 13.8 Å². The average Bonchev–Trinajstić information content (AvgIpc) is 1.79. The lowest BCUT2D eigenvalue weighted by atomic mass is 10.2. The summed E-state index contributed by atoms with van der Waals surface area (Å²) >= 11 is 0. The molecule has 0 fully saturated rings. The van der Waals surface area contributed by atoms with Crippen LogP contribution in [0.5, 0.6) is 0 Å². The first-order valence-corrected chi connectivity index (χ1v) is 6.23. The molecule has 0 heterocycles. The van der Waals surface area contributed by atoms with Crippen molar-refractivity contribution in [3.05, 3.63) is 0 Å². The van der Waals surface area contributed by atoms with Crippen LogP contribution in [0.3, 0.4) is 0 Å². The van der Waals surface area contributed by atoms with Crippen LogP contribution in [0.15, 0.2) is 0 Å². The molecule has 0 aromatic carbocycles. The molecule has 0 aromatic heterocycles. The first-order valence-electron chi connectivity index (χ1n) is 4.47. The van der Waals surface area contributed by atoms with Gasteiger partial charge in [0, 0.05) is 5.92 Å². The van der Waals surface area contributed by atoms with E-state index in [-0.39, 0.29) is 6.16 Å². The Morgan fingerprint density at radius 1 is 1.46 bits per heavy atom. The number of rotatable bonds is 5. The molecule has 5 heteroatoms. The van der Waals surface area contributed by atoms with Gasteiger partial charge >= 0.3 is 0 Å². The molecule has 0 radical (unpaired) electrons. The molecule has 0 saturated heterocycles. The fraction of sp³-hybridized carbons (Fsp3) is 1.00. The molecular formula is C8H20NO3P. The van der Waals surface area contributed by atoms with E-state index in [4.69, 9.17) is 4.89 Å². The quantitative estimate of drug-likeness (QED) is 0.522. The minimum absolute atomic E-state index is 0.132. The minimum atomic E-state index is -4.07. The molecular weight excluding hydrogens is 189 g/mol. The van der Waals surface area contributed by atoms with Crippen LogP contribution in [-0.4, -0.2) is 42.7 Å². The van der Waals surface area contributed by atoms with E-state index in [0.717, 1.165) is 6.54 Å². The Labute approximate surface area is 80.3 Å². The predicted octanol–water partition coefficient (Wildman–Crippen LogP) is 0.264. The van der Waals surface area contributed by atoms with Crippen molar-refractivity contribution in [2.24, 2.45) is 5.92 Å². The van der Waals surface area contributed by atoms with Crippen LogP contribution >= 0.6 is 7.60 Å². The lowest BCUT2D eigenvalue weighted by molar-refractivity contribution is -0.891. The Morgan fingerprint density at radius 3 is 2.23 bits per heavy atom. The van der Waals surface area contributed by atoms with Crippen molar-refractivity contribution >= 4 is 7.60 Å².